The van der Waals surface area contributed by atoms with E-state index in [2.05, 4.69) is 0 Å². The average molecular weight is 401 g/mol. The van der Waals surface area contributed by atoms with E-state index in [4.69, 9.17) is 30.6 Å². The van der Waals surface area contributed by atoms with Crippen LogP contribution in [-0.4, -0.2) is 30.4 Å². The minimum atomic E-state index is -0.817. The molecule has 0 radical (unpaired) electrons. The number of fused-ring (bicyclic) bond motifs is 1. The van der Waals surface area contributed by atoms with Gasteiger partial charge in [0.1, 0.15) is 18.1 Å². The zero-order chi connectivity index (χ0) is 19.7. The Morgan fingerprint density at radius 2 is 1.96 bits per heavy atom. The highest BCUT2D eigenvalue weighted by Crippen LogP contribution is 2.33. The van der Waals surface area contributed by atoms with Crippen molar-refractivity contribution in [3.8, 4) is 17.1 Å². The molecule has 3 aromatic rings. The number of carboxylic acids is 1. The molecular weight excluding hydrogens is 384 g/mol. The first-order chi connectivity index (χ1) is 13.5. The average Bonchev–Trinajstić information content (AvgIpc) is 3.46. The predicted octanol–water partition coefficient (Wildman–Crippen LogP) is 3.98. The smallest absolute Gasteiger partial charge is 0.309 e. The van der Waals surface area contributed by atoms with Gasteiger partial charge >= 0.3 is 5.97 Å². The maximum absolute atomic E-state index is 12.3. The van der Waals surface area contributed by atoms with Crippen molar-refractivity contribution in [3.63, 3.8) is 0 Å². The zero-order valence-electron chi connectivity index (χ0n) is 14.8. The molecule has 1 unspecified atom stereocenters. The lowest BCUT2D eigenvalue weighted by atomic mass is 10.1. The Morgan fingerprint density at radius 3 is 2.68 bits per heavy atom. The summed E-state index contributed by atoms with van der Waals surface area (Å²) < 4.78 is 16.9. The fourth-order valence-electron chi connectivity index (χ4n) is 2.98. The molecule has 1 aromatic heterocycles. The van der Waals surface area contributed by atoms with E-state index in [-0.39, 0.29) is 17.5 Å². The van der Waals surface area contributed by atoms with Gasteiger partial charge in [-0.2, -0.15) is 0 Å². The third kappa shape index (κ3) is 3.88. The molecule has 0 amide bonds. The number of para-hydroxylation sites is 1. The highest BCUT2D eigenvalue weighted by atomic mass is 35.5. The molecule has 6 nitrogen and oxygen atoms in total. The first kappa shape index (κ1) is 18.5. The minimum Gasteiger partial charge on any atom is -0.491 e. The van der Waals surface area contributed by atoms with Gasteiger partial charge in [-0.25, -0.2) is 0 Å². The third-order valence-corrected chi connectivity index (χ3v) is 4.88. The Morgan fingerprint density at radius 1 is 1.18 bits per heavy atom. The van der Waals surface area contributed by atoms with E-state index in [1.54, 1.807) is 42.5 Å². The third-order valence-electron chi connectivity index (χ3n) is 4.58. The lowest BCUT2D eigenvalue weighted by Gasteiger charge is -2.08. The summed E-state index contributed by atoms with van der Waals surface area (Å²) in [6.45, 7) is 0.650. The first-order valence-corrected chi connectivity index (χ1v) is 9.21. The molecule has 0 saturated heterocycles. The largest absolute Gasteiger partial charge is 0.491 e. The highest BCUT2D eigenvalue weighted by molar-refractivity contribution is 6.34. The van der Waals surface area contributed by atoms with Crippen LogP contribution in [-0.2, 0) is 9.53 Å². The molecule has 1 heterocycles. The molecule has 1 aliphatic rings. The van der Waals surface area contributed by atoms with Gasteiger partial charge in [0.15, 0.2) is 11.0 Å². The Kier molecular flexibility index (Phi) is 5.07. The second-order valence-corrected chi connectivity index (χ2v) is 6.96. The van der Waals surface area contributed by atoms with E-state index in [1.807, 2.05) is 0 Å². The number of hydrogen-bond acceptors (Lipinski definition) is 5. The summed E-state index contributed by atoms with van der Waals surface area (Å²) >= 11 is 6.14. The fraction of sp³-hybridized carbons (Fsp3) is 0.238. The summed E-state index contributed by atoms with van der Waals surface area (Å²) in [6.07, 6.45) is 0.358. The quantitative estimate of drug-likeness (QED) is 0.604. The molecule has 1 saturated carbocycles. The number of benzene rings is 2. The molecular formula is C21H17ClO6. The number of rotatable bonds is 7. The molecule has 0 spiro atoms. The number of aliphatic carboxylic acids is 1. The van der Waals surface area contributed by atoms with Crippen LogP contribution in [0.5, 0.6) is 5.75 Å². The van der Waals surface area contributed by atoms with E-state index in [1.165, 1.54) is 6.07 Å². The predicted molar refractivity (Wildman–Crippen MR) is 104 cm³/mol. The number of carbonyl (C=O) groups is 1. The van der Waals surface area contributed by atoms with E-state index in [0.717, 1.165) is 5.56 Å². The summed E-state index contributed by atoms with van der Waals surface area (Å²) in [6, 6.07) is 13.6. The maximum Gasteiger partial charge on any atom is 0.309 e. The molecule has 7 heteroatoms. The van der Waals surface area contributed by atoms with E-state index < -0.39 is 5.97 Å². The fourth-order valence-corrected chi connectivity index (χ4v) is 3.19. The molecule has 1 fully saturated rings. The van der Waals surface area contributed by atoms with Gasteiger partial charge in [-0.15, -0.1) is 0 Å². The van der Waals surface area contributed by atoms with Gasteiger partial charge in [0.05, 0.1) is 29.0 Å². The number of hydrogen-bond donors (Lipinski definition) is 1. The van der Waals surface area contributed by atoms with Gasteiger partial charge in [0.2, 0.25) is 0 Å². The van der Waals surface area contributed by atoms with E-state index in [0.29, 0.717) is 47.1 Å². The molecule has 2 atom stereocenters. The van der Waals surface area contributed by atoms with Gasteiger partial charge in [-0.3, -0.25) is 9.59 Å². The van der Waals surface area contributed by atoms with Gasteiger partial charge in [0.25, 0.3) is 0 Å². The molecule has 0 aliphatic heterocycles. The van der Waals surface area contributed by atoms with Crippen LogP contribution in [0, 0.1) is 5.92 Å². The zero-order valence-corrected chi connectivity index (χ0v) is 15.5. The summed E-state index contributed by atoms with van der Waals surface area (Å²) in [4.78, 5) is 23.0. The van der Waals surface area contributed by atoms with Crippen molar-refractivity contribution >= 4 is 28.5 Å². The number of carboxylic acid groups (broad SMARTS) is 1. The molecule has 1 N–H and O–H groups in total. The normalized spacial score (nSPS) is 18.2. The summed E-state index contributed by atoms with van der Waals surface area (Å²) in [5.74, 6) is -0.138. The van der Waals surface area contributed by atoms with Crippen molar-refractivity contribution in [3.05, 3.63) is 63.8 Å². The minimum absolute atomic E-state index is 0.157. The van der Waals surface area contributed by atoms with Crippen LogP contribution in [0.4, 0.5) is 0 Å². The van der Waals surface area contributed by atoms with Crippen LogP contribution in [0.25, 0.3) is 22.3 Å². The van der Waals surface area contributed by atoms with Crippen molar-refractivity contribution in [2.24, 2.45) is 5.92 Å². The van der Waals surface area contributed by atoms with Crippen LogP contribution in [0.3, 0.4) is 0 Å². The Labute approximate surface area is 165 Å². The van der Waals surface area contributed by atoms with Crippen molar-refractivity contribution in [1.29, 1.82) is 0 Å². The van der Waals surface area contributed by atoms with Gasteiger partial charge in [-0.1, -0.05) is 17.7 Å². The molecule has 28 heavy (non-hydrogen) atoms. The van der Waals surface area contributed by atoms with Crippen molar-refractivity contribution < 1.29 is 23.8 Å². The second kappa shape index (κ2) is 7.66. The molecule has 144 valence electrons. The molecule has 1 aliphatic carbocycles. The van der Waals surface area contributed by atoms with Crippen LogP contribution < -0.4 is 10.2 Å². The van der Waals surface area contributed by atoms with Crippen molar-refractivity contribution in [1.82, 2.24) is 0 Å². The van der Waals surface area contributed by atoms with Gasteiger partial charge in [0, 0.05) is 11.6 Å². The topological polar surface area (TPSA) is 86.0 Å². The monoisotopic (exact) mass is 400 g/mol. The second-order valence-electron chi connectivity index (χ2n) is 6.55. The van der Waals surface area contributed by atoms with Crippen LogP contribution in [0.15, 0.2) is 57.7 Å². The molecule has 0 bridgehead atoms. The van der Waals surface area contributed by atoms with Crippen molar-refractivity contribution in [2.75, 3.05) is 13.2 Å². The Balaban J connectivity index is 1.39. The van der Waals surface area contributed by atoms with Crippen LogP contribution in [0.1, 0.15) is 6.42 Å². The maximum atomic E-state index is 12.3. The summed E-state index contributed by atoms with van der Waals surface area (Å²) in [5, 5.41) is 9.65. The van der Waals surface area contributed by atoms with Crippen molar-refractivity contribution in [2.45, 2.75) is 12.5 Å². The van der Waals surface area contributed by atoms with Crippen LogP contribution in [0.2, 0.25) is 5.02 Å². The lowest BCUT2D eigenvalue weighted by Crippen LogP contribution is -2.11. The number of halogens is 1. The Hall–Kier alpha value is -2.83. The summed E-state index contributed by atoms with van der Waals surface area (Å²) in [5.41, 5.74) is 0.935. The standard InChI is InChI=1S/C21H17ClO6/c22-16-3-1-2-14-17(23)11-18(28-20(14)16)12-4-6-13(7-5-12)26-8-9-27-19-10-15(19)21(24)25/h1-7,11,15,19H,8-10H2,(H,24,25)/t15?,19-/m1/s1. The van der Waals surface area contributed by atoms with E-state index in [9.17, 15) is 9.59 Å². The molecule has 4 rings (SSSR count). The van der Waals surface area contributed by atoms with Gasteiger partial charge < -0.3 is 19.0 Å². The van der Waals surface area contributed by atoms with Crippen LogP contribution >= 0.6 is 11.6 Å². The van der Waals surface area contributed by atoms with E-state index >= 15 is 0 Å². The first-order valence-electron chi connectivity index (χ1n) is 8.83. The molecule has 2 aromatic carbocycles. The lowest BCUT2D eigenvalue weighted by molar-refractivity contribution is -0.139. The summed E-state index contributed by atoms with van der Waals surface area (Å²) in [7, 11) is 0. The SMILES string of the molecule is O=C(O)C1C[C@H]1OCCOc1ccc(-c2cc(=O)c3cccc(Cl)c3o2)cc1. The van der Waals surface area contributed by atoms with Gasteiger partial charge in [-0.05, 0) is 42.8 Å². The highest BCUT2D eigenvalue weighted by Gasteiger charge is 2.44. The Bertz CT molecular complexity index is 1070. The number of ether oxygens (including phenoxy) is 2.